The number of pyridine rings is 1. The number of nitrogens with zero attached hydrogens (tertiary/aromatic N) is 3. The number of piperazine rings is 1. The number of benzene rings is 2. The van der Waals surface area contributed by atoms with Crippen molar-refractivity contribution in [3.8, 4) is 0 Å². The molecule has 3 aromatic rings. The second kappa shape index (κ2) is 8.18. The van der Waals surface area contributed by atoms with Crippen LogP contribution < -0.4 is 0 Å². The molecule has 1 amide bonds. The summed E-state index contributed by atoms with van der Waals surface area (Å²) in [7, 11) is -3.61. The number of ether oxygens (including phenoxy) is 1. The van der Waals surface area contributed by atoms with Gasteiger partial charge >= 0.3 is 6.09 Å². The number of rotatable bonds is 4. The molecule has 0 radical (unpaired) electrons. The third kappa shape index (κ3) is 4.23. The highest BCUT2D eigenvalue weighted by Gasteiger charge is 2.30. The van der Waals surface area contributed by atoms with E-state index >= 15 is 0 Å². The van der Waals surface area contributed by atoms with Gasteiger partial charge in [0, 0.05) is 44.1 Å². The first-order valence-electron chi connectivity index (χ1n) is 9.33. The number of carbonyl (C=O) groups is 1. The number of sulfonamides is 1. The Morgan fingerprint density at radius 1 is 0.966 bits per heavy atom. The number of aromatic nitrogens is 1. The third-order valence-electron chi connectivity index (χ3n) is 4.94. The fourth-order valence-electron chi connectivity index (χ4n) is 3.31. The maximum Gasteiger partial charge on any atom is 0.410 e. The molecule has 0 aliphatic carbocycles. The molecule has 2 aromatic carbocycles. The molecule has 0 saturated carbocycles. The lowest BCUT2D eigenvalue weighted by Crippen LogP contribution is -2.50. The molecule has 8 heteroatoms. The predicted octanol–water partition coefficient (Wildman–Crippen LogP) is 2.88. The van der Waals surface area contributed by atoms with Crippen molar-refractivity contribution in [2.45, 2.75) is 11.5 Å². The minimum absolute atomic E-state index is 0.141. The first-order chi connectivity index (χ1) is 14.0. The monoisotopic (exact) mass is 411 g/mol. The lowest BCUT2D eigenvalue weighted by atomic mass is 10.1. The number of hydrogen-bond acceptors (Lipinski definition) is 5. The van der Waals surface area contributed by atoms with Crippen LogP contribution in [-0.4, -0.2) is 54.9 Å². The van der Waals surface area contributed by atoms with E-state index in [0.29, 0.717) is 13.1 Å². The molecular formula is C21H21N3O4S. The fraction of sp³-hybridized carbons (Fsp3) is 0.238. The summed E-state index contributed by atoms with van der Waals surface area (Å²) in [6.45, 7) is 1.19. The van der Waals surface area contributed by atoms with Crippen molar-refractivity contribution < 1.29 is 17.9 Å². The Kier molecular flexibility index (Phi) is 5.46. The van der Waals surface area contributed by atoms with Crippen molar-refractivity contribution in [3.63, 3.8) is 0 Å². The van der Waals surface area contributed by atoms with Gasteiger partial charge in [0.15, 0.2) is 0 Å². The lowest BCUT2D eigenvalue weighted by molar-refractivity contribution is 0.0837. The van der Waals surface area contributed by atoms with E-state index < -0.39 is 16.1 Å². The van der Waals surface area contributed by atoms with Crippen molar-refractivity contribution in [1.82, 2.24) is 14.2 Å². The standard InChI is InChI=1S/C21H21N3O4S/c25-21(28-16-17-4-3-9-22-15-17)23-10-12-24(13-11-23)29(26,27)20-8-7-18-5-1-2-6-19(18)14-20/h1-9,14-15H,10-13,16H2. The molecule has 150 valence electrons. The van der Waals surface area contributed by atoms with Crippen LogP contribution in [0.1, 0.15) is 5.56 Å². The normalized spacial score (nSPS) is 15.4. The maximum absolute atomic E-state index is 13.0. The second-order valence-corrected chi connectivity index (χ2v) is 8.75. The van der Waals surface area contributed by atoms with Crippen LogP contribution in [-0.2, 0) is 21.4 Å². The molecule has 0 bridgehead atoms. The molecule has 0 N–H and O–H groups in total. The van der Waals surface area contributed by atoms with E-state index in [9.17, 15) is 13.2 Å². The molecule has 0 unspecified atom stereocenters. The van der Waals surface area contributed by atoms with Gasteiger partial charge in [-0.3, -0.25) is 4.98 Å². The Morgan fingerprint density at radius 3 is 2.45 bits per heavy atom. The van der Waals surface area contributed by atoms with Gasteiger partial charge in [0.1, 0.15) is 6.61 Å². The zero-order chi connectivity index (χ0) is 20.3. The summed E-state index contributed by atoms with van der Waals surface area (Å²) in [5, 5.41) is 1.87. The summed E-state index contributed by atoms with van der Waals surface area (Å²) in [5.74, 6) is 0. The number of carbonyl (C=O) groups excluding carboxylic acids is 1. The fourth-order valence-corrected chi connectivity index (χ4v) is 4.77. The third-order valence-corrected chi connectivity index (χ3v) is 6.84. The highest BCUT2D eigenvalue weighted by Crippen LogP contribution is 2.23. The minimum atomic E-state index is -3.61. The summed E-state index contributed by atoms with van der Waals surface area (Å²) >= 11 is 0. The van der Waals surface area contributed by atoms with Gasteiger partial charge < -0.3 is 9.64 Å². The smallest absolute Gasteiger partial charge is 0.410 e. The van der Waals surface area contributed by atoms with E-state index in [4.69, 9.17) is 4.74 Å². The van der Waals surface area contributed by atoms with Crippen molar-refractivity contribution >= 4 is 26.9 Å². The van der Waals surface area contributed by atoms with E-state index in [1.807, 2.05) is 36.4 Å². The molecule has 1 saturated heterocycles. The molecule has 1 fully saturated rings. The maximum atomic E-state index is 13.0. The topological polar surface area (TPSA) is 79.8 Å². The van der Waals surface area contributed by atoms with Gasteiger partial charge in [0.25, 0.3) is 0 Å². The van der Waals surface area contributed by atoms with Crippen LogP contribution in [0.3, 0.4) is 0 Å². The van der Waals surface area contributed by atoms with Crippen molar-refractivity contribution in [3.05, 3.63) is 72.6 Å². The van der Waals surface area contributed by atoms with E-state index in [1.54, 1.807) is 30.6 Å². The highest BCUT2D eigenvalue weighted by atomic mass is 32.2. The molecule has 7 nitrogen and oxygen atoms in total. The van der Waals surface area contributed by atoms with E-state index in [-0.39, 0.29) is 24.6 Å². The molecular weight excluding hydrogens is 390 g/mol. The van der Waals surface area contributed by atoms with Gasteiger partial charge in [-0.2, -0.15) is 4.31 Å². The van der Waals surface area contributed by atoms with Crippen LogP contribution in [0.15, 0.2) is 71.9 Å². The van der Waals surface area contributed by atoms with Crippen LogP contribution in [0.25, 0.3) is 10.8 Å². The highest BCUT2D eigenvalue weighted by molar-refractivity contribution is 7.89. The number of hydrogen-bond donors (Lipinski definition) is 0. The molecule has 2 heterocycles. The Morgan fingerprint density at radius 2 is 1.72 bits per heavy atom. The minimum Gasteiger partial charge on any atom is -0.444 e. The van der Waals surface area contributed by atoms with Crippen LogP contribution in [0.5, 0.6) is 0 Å². The number of amides is 1. The molecule has 0 atom stereocenters. The Balaban J connectivity index is 1.38. The average molecular weight is 411 g/mol. The SMILES string of the molecule is O=C(OCc1cccnc1)N1CCN(S(=O)(=O)c2ccc3ccccc3c2)CC1. The van der Waals surface area contributed by atoms with Crippen LogP contribution >= 0.6 is 0 Å². The van der Waals surface area contributed by atoms with Crippen LogP contribution in [0.4, 0.5) is 4.79 Å². The first kappa shape index (κ1) is 19.4. The summed E-state index contributed by atoms with van der Waals surface area (Å²) in [6.07, 6.45) is 2.85. The summed E-state index contributed by atoms with van der Waals surface area (Å²) < 4.78 is 32.7. The second-order valence-electron chi connectivity index (χ2n) is 6.82. The Bertz CT molecular complexity index is 1110. The van der Waals surface area contributed by atoms with Gasteiger partial charge in [-0.05, 0) is 29.0 Å². The molecule has 29 heavy (non-hydrogen) atoms. The summed E-state index contributed by atoms with van der Waals surface area (Å²) in [4.78, 5) is 18.0. The van der Waals surface area contributed by atoms with Gasteiger partial charge in [-0.25, -0.2) is 13.2 Å². The average Bonchev–Trinajstić information content (AvgIpc) is 2.78. The van der Waals surface area contributed by atoms with E-state index in [2.05, 4.69) is 4.98 Å². The van der Waals surface area contributed by atoms with Gasteiger partial charge in [-0.15, -0.1) is 0 Å². The largest absolute Gasteiger partial charge is 0.444 e. The van der Waals surface area contributed by atoms with Crippen LogP contribution in [0, 0.1) is 0 Å². The Labute approximate surface area is 169 Å². The van der Waals surface area contributed by atoms with E-state index in [1.165, 1.54) is 9.21 Å². The molecule has 1 aliphatic heterocycles. The zero-order valence-corrected chi connectivity index (χ0v) is 16.6. The lowest BCUT2D eigenvalue weighted by Gasteiger charge is -2.33. The Hall–Kier alpha value is -2.97. The first-order valence-corrected chi connectivity index (χ1v) is 10.8. The van der Waals surface area contributed by atoms with Crippen molar-refractivity contribution in [2.75, 3.05) is 26.2 Å². The molecule has 4 rings (SSSR count). The quantitative estimate of drug-likeness (QED) is 0.660. The summed E-state index contributed by atoms with van der Waals surface area (Å²) in [5.41, 5.74) is 0.804. The van der Waals surface area contributed by atoms with Crippen molar-refractivity contribution in [1.29, 1.82) is 0 Å². The number of fused-ring (bicyclic) bond motifs is 1. The van der Waals surface area contributed by atoms with Crippen molar-refractivity contribution in [2.24, 2.45) is 0 Å². The zero-order valence-electron chi connectivity index (χ0n) is 15.8. The van der Waals surface area contributed by atoms with Gasteiger partial charge in [0.05, 0.1) is 4.90 Å². The molecule has 1 aromatic heterocycles. The molecule has 0 spiro atoms. The van der Waals surface area contributed by atoms with E-state index in [0.717, 1.165) is 16.3 Å². The summed E-state index contributed by atoms with van der Waals surface area (Å²) in [6, 6.07) is 16.4. The van der Waals surface area contributed by atoms with Gasteiger partial charge in [-0.1, -0.05) is 36.4 Å². The van der Waals surface area contributed by atoms with Gasteiger partial charge in [0.2, 0.25) is 10.0 Å². The molecule has 1 aliphatic rings. The van der Waals surface area contributed by atoms with Crippen LogP contribution in [0.2, 0.25) is 0 Å². The predicted molar refractivity (Wildman–Crippen MR) is 109 cm³/mol.